The van der Waals surface area contributed by atoms with Gasteiger partial charge in [0.25, 0.3) is 0 Å². The second-order valence-corrected chi connectivity index (χ2v) is 9.64. The number of rotatable bonds is 3. The normalized spacial score (nSPS) is 10.2. The molecule has 2 heteroatoms. The van der Waals surface area contributed by atoms with Crippen LogP contribution in [-0.4, -0.2) is 14.0 Å². The molecule has 0 spiro atoms. The first-order chi connectivity index (χ1) is 7.50. The average Bonchev–Trinajstić information content (AvgIpc) is 2.25. The highest BCUT2D eigenvalue weighted by Crippen LogP contribution is 2.27. The van der Waals surface area contributed by atoms with E-state index in [-0.39, 0.29) is 0 Å². The van der Waals surface area contributed by atoms with Gasteiger partial charge in [-0.3, -0.25) is 0 Å². The van der Waals surface area contributed by atoms with Crippen LogP contribution in [0.25, 0.3) is 5.57 Å². The van der Waals surface area contributed by atoms with E-state index in [0.717, 1.165) is 16.3 Å². The number of hydrogen-bond donors (Lipinski definition) is 0. The quantitative estimate of drug-likeness (QED) is 0.335. The molecule has 82 valence electrons. The minimum atomic E-state index is -1.70. The zero-order chi connectivity index (χ0) is 12.2. The summed E-state index contributed by atoms with van der Waals surface area (Å²) in [5, 5.41) is 0.744. The van der Waals surface area contributed by atoms with Gasteiger partial charge in [0.1, 0.15) is 5.94 Å². The molecule has 0 N–H and O–H groups in total. The van der Waals surface area contributed by atoms with E-state index in [1.807, 2.05) is 30.3 Å². The van der Waals surface area contributed by atoms with E-state index in [4.69, 9.17) is 0 Å². The highest BCUT2D eigenvalue weighted by atomic mass is 28.3. The van der Waals surface area contributed by atoms with Crippen molar-refractivity contribution in [2.45, 2.75) is 19.6 Å². The van der Waals surface area contributed by atoms with E-state index in [1.54, 1.807) is 0 Å². The average molecular weight is 228 g/mol. The number of benzene rings is 1. The lowest BCUT2D eigenvalue weighted by Crippen LogP contribution is -2.25. The number of hydrogen-bond acceptors (Lipinski definition) is 1. The fourth-order valence-electron chi connectivity index (χ4n) is 1.52. The van der Waals surface area contributed by atoms with Gasteiger partial charge in [0.15, 0.2) is 0 Å². The molecule has 0 aliphatic rings. The van der Waals surface area contributed by atoms with E-state index in [0.29, 0.717) is 0 Å². The first-order valence-electron chi connectivity index (χ1n) is 5.22. The van der Waals surface area contributed by atoms with Crippen molar-refractivity contribution in [3.8, 4) is 0 Å². The maximum atomic E-state index is 11.1. The Hall–Kier alpha value is -1.59. The van der Waals surface area contributed by atoms with Crippen molar-refractivity contribution in [3.63, 3.8) is 0 Å². The molecule has 16 heavy (non-hydrogen) atoms. The van der Waals surface area contributed by atoms with Gasteiger partial charge in [-0.05, 0) is 5.56 Å². The maximum Gasteiger partial charge on any atom is 0.124 e. The molecule has 0 bridgehead atoms. The summed E-state index contributed by atoms with van der Waals surface area (Å²) in [7, 11) is -1.70. The molecule has 1 rings (SSSR count). The zero-order valence-electron chi connectivity index (χ0n) is 10.0. The van der Waals surface area contributed by atoms with E-state index < -0.39 is 8.07 Å². The van der Waals surface area contributed by atoms with Crippen LogP contribution in [0.5, 0.6) is 0 Å². The summed E-state index contributed by atoms with van der Waals surface area (Å²) in [6.45, 7) is 10.0. The molecule has 0 unspecified atom stereocenters. The van der Waals surface area contributed by atoms with Gasteiger partial charge in [-0.1, -0.05) is 56.6 Å². The fourth-order valence-corrected chi connectivity index (χ4v) is 2.81. The van der Waals surface area contributed by atoms with Gasteiger partial charge in [0, 0.05) is 10.8 Å². The number of allylic oxidation sites excluding steroid dienone is 2. The third-order valence-corrected chi connectivity index (χ3v) is 4.19. The van der Waals surface area contributed by atoms with Gasteiger partial charge >= 0.3 is 0 Å². The smallest absolute Gasteiger partial charge is 0.124 e. The Morgan fingerprint density at radius 1 is 1.19 bits per heavy atom. The molecule has 1 aromatic carbocycles. The lowest BCUT2D eigenvalue weighted by molar-refractivity contribution is 0.568. The van der Waals surface area contributed by atoms with Gasteiger partial charge < -0.3 is 0 Å². The summed E-state index contributed by atoms with van der Waals surface area (Å²) < 4.78 is 0. The third kappa shape index (κ3) is 2.71. The van der Waals surface area contributed by atoms with Gasteiger partial charge in [-0.15, -0.1) is 5.73 Å². The topological polar surface area (TPSA) is 17.1 Å². The summed E-state index contributed by atoms with van der Waals surface area (Å²) in [5.74, 6) is 2.08. The van der Waals surface area contributed by atoms with E-state index in [1.165, 1.54) is 0 Å². The molecule has 0 amide bonds. The van der Waals surface area contributed by atoms with Gasteiger partial charge in [0.05, 0.1) is 8.07 Å². The molecule has 1 aromatic rings. The Morgan fingerprint density at radius 3 is 2.12 bits per heavy atom. The highest BCUT2D eigenvalue weighted by Gasteiger charge is 2.24. The molecule has 0 aliphatic carbocycles. The second-order valence-electron chi connectivity index (χ2n) is 4.64. The van der Waals surface area contributed by atoms with Crippen LogP contribution < -0.4 is 0 Å². The zero-order valence-corrected chi connectivity index (χ0v) is 11.0. The monoisotopic (exact) mass is 228 g/mol. The predicted octanol–water partition coefficient (Wildman–Crippen LogP) is 3.49. The molecular weight excluding hydrogens is 212 g/mol. The molecule has 0 fully saturated rings. The molecular formula is C14H16OSi. The Bertz CT molecular complexity index is 467. The molecule has 0 aliphatic heterocycles. The van der Waals surface area contributed by atoms with E-state index in [9.17, 15) is 4.79 Å². The number of carbonyl (C=O) groups excluding carboxylic acids is 1. The largest absolute Gasteiger partial charge is 0.234 e. The van der Waals surface area contributed by atoms with E-state index in [2.05, 4.69) is 37.9 Å². The van der Waals surface area contributed by atoms with Crippen LogP contribution in [0.15, 0.2) is 47.8 Å². The molecule has 0 atom stereocenters. The first kappa shape index (κ1) is 12.5. The SMILES string of the molecule is C=C=C(C(=C=O)[Si](C)(C)C)c1ccccc1. The summed E-state index contributed by atoms with van der Waals surface area (Å²) >= 11 is 0. The van der Waals surface area contributed by atoms with Crippen molar-refractivity contribution >= 4 is 19.6 Å². The van der Waals surface area contributed by atoms with Crippen LogP contribution in [0.2, 0.25) is 19.6 Å². The lowest BCUT2D eigenvalue weighted by Gasteiger charge is -2.18. The van der Waals surface area contributed by atoms with Crippen molar-refractivity contribution in [2.24, 2.45) is 0 Å². The van der Waals surface area contributed by atoms with Crippen LogP contribution in [-0.2, 0) is 4.79 Å². The third-order valence-electron chi connectivity index (χ3n) is 2.34. The summed E-state index contributed by atoms with van der Waals surface area (Å²) in [6.07, 6.45) is 0. The minimum absolute atomic E-state index is 0.744. The Kier molecular flexibility index (Phi) is 3.86. The fraction of sp³-hybridized carbons (Fsp3) is 0.214. The molecule has 0 saturated carbocycles. The maximum absolute atomic E-state index is 11.1. The molecule has 0 radical (unpaired) electrons. The summed E-state index contributed by atoms with van der Waals surface area (Å²) in [6, 6.07) is 9.76. The van der Waals surface area contributed by atoms with Crippen LogP contribution in [0.4, 0.5) is 0 Å². The Morgan fingerprint density at radius 2 is 1.75 bits per heavy atom. The van der Waals surface area contributed by atoms with Crippen molar-refractivity contribution in [3.05, 3.63) is 53.4 Å². The van der Waals surface area contributed by atoms with Crippen molar-refractivity contribution in [1.29, 1.82) is 0 Å². The van der Waals surface area contributed by atoms with Crippen molar-refractivity contribution in [1.82, 2.24) is 0 Å². The van der Waals surface area contributed by atoms with Crippen LogP contribution in [0.3, 0.4) is 0 Å². The van der Waals surface area contributed by atoms with Crippen LogP contribution >= 0.6 is 0 Å². The Balaban J connectivity index is 3.32. The van der Waals surface area contributed by atoms with Crippen LogP contribution in [0, 0.1) is 0 Å². The molecule has 0 aromatic heterocycles. The minimum Gasteiger partial charge on any atom is -0.234 e. The van der Waals surface area contributed by atoms with Gasteiger partial charge in [0.2, 0.25) is 0 Å². The standard InChI is InChI=1S/C14H16OSi/c1-5-13(12-9-7-6-8-10-12)14(11-15)16(2,3)4/h6-10H,1H2,2-4H3. The van der Waals surface area contributed by atoms with Crippen molar-refractivity contribution < 1.29 is 4.79 Å². The summed E-state index contributed by atoms with van der Waals surface area (Å²) in [5.41, 5.74) is 4.66. The first-order valence-corrected chi connectivity index (χ1v) is 8.72. The molecule has 0 saturated heterocycles. The lowest BCUT2D eigenvalue weighted by atomic mass is 10.1. The molecule has 0 heterocycles. The predicted molar refractivity (Wildman–Crippen MR) is 71.5 cm³/mol. The highest BCUT2D eigenvalue weighted by molar-refractivity contribution is 6.86. The van der Waals surface area contributed by atoms with E-state index >= 15 is 0 Å². The van der Waals surface area contributed by atoms with Crippen molar-refractivity contribution in [2.75, 3.05) is 0 Å². The van der Waals surface area contributed by atoms with Gasteiger partial charge in [-0.2, -0.15) is 0 Å². The molecule has 1 nitrogen and oxygen atoms in total. The summed E-state index contributed by atoms with van der Waals surface area (Å²) in [4.78, 5) is 11.1. The second kappa shape index (κ2) is 4.96. The van der Waals surface area contributed by atoms with Gasteiger partial charge in [-0.25, -0.2) is 4.79 Å². The Labute approximate surface area is 97.8 Å². The van der Waals surface area contributed by atoms with Crippen LogP contribution in [0.1, 0.15) is 5.56 Å².